The molecule has 0 spiro atoms. The lowest BCUT2D eigenvalue weighted by molar-refractivity contribution is 0.101. The Morgan fingerprint density at radius 1 is 1.10 bits per heavy atom. The topological polar surface area (TPSA) is 94.4 Å². The number of fused-ring (bicyclic) bond motifs is 1. The molecule has 2 aliphatic rings. The van der Waals surface area contributed by atoms with Crippen LogP contribution in [0.15, 0.2) is 12.4 Å². The minimum atomic E-state index is -0.119. The number of aromatic amines is 1. The first-order chi connectivity index (χ1) is 14.7. The first-order valence-electron chi connectivity index (χ1n) is 11.0. The average molecular weight is 408 g/mol. The number of hydrogen-bond donors (Lipinski definition) is 1. The number of hydrogen-bond acceptors (Lipinski definition) is 6. The molecule has 0 unspecified atom stereocenters. The van der Waals surface area contributed by atoms with Crippen LogP contribution in [-0.2, 0) is 30.0 Å². The molecule has 30 heavy (non-hydrogen) atoms. The second kappa shape index (κ2) is 7.91. The van der Waals surface area contributed by atoms with E-state index in [1.807, 2.05) is 17.9 Å². The van der Waals surface area contributed by atoms with E-state index in [2.05, 4.69) is 31.9 Å². The van der Waals surface area contributed by atoms with E-state index in [0.717, 1.165) is 42.5 Å². The van der Waals surface area contributed by atoms with Crippen molar-refractivity contribution >= 4 is 0 Å². The Morgan fingerprint density at radius 3 is 2.63 bits per heavy atom. The summed E-state index contributed by atoms with van der Waals surface area (Å²) in [6, 6.07) is 0. The third-order valence-corrected chi connectivity index (χ3v) is 6.77. The molecular formula is C22H29N7O. The summed E-state index contributed by atoms with van der Waals surface area (Å²) in [5, 5.41) is 19.9. The molecule has 0 bridgehead atoms. The fourth-order valence-electron chi connectivity index (χ4n) is 5.43. The smallest absolute Gasteiger partial charge is 0.207 e. The zero-order valence-electron chi connectivity index (χ0n) is 17.8. The van der Waals surface area contributed by atoms with Gasteiger partial charge in [-0.3, -0.25) is 9.67 Å². The minimum absolute atomic E-state index is 0.119. The van der Waals surface area contributed by atoms with E-state index in [9.17, 15) is 0 Å². The molecule has 8 nitrogen and oxygen atoms in total. The molecule has 1 fully saturated rings. The van der Waals surface area contributed by atoms with Gasteiger partial charge in [-0.05, 0) is 49.3 Å². The molecule has 8 heteroatoms. The minimum Gasteiger partial charge on any atom is -0.384 e. The van der Waals surface area contributed by atoms with Gasteiger partial charge in [-0.25, -0.2) is 0 Å². The molecule has 1 saturated carbocycles. The van der Waals surface area contributed by atoms with Crippen LogP contribution in [0.5, 0.6) is 0 Å². The average Bonchev–Trinajstić information content (AvgIpc) is 3.45. The maximum absolute atomic E-state index is 5.78. The zero-order chi connectivity index (χ0) is 20.6. The van der Waals surface area contributed by atoms with Crippen molar-refractivity contribution in [3.63, 3.8) is 0 Å². The molecule has 0 aromatic carbocycles. The van der Waals surface area contributed by atoms with Crippen molar-refractivity contribution in [2.45, 2.75) is 63.2 Å². The van der Waals surface area contributed by atoms with Gasteiger partial charge in [0.05, 0.1) is 24.1 Å². The van der Waals surface area contributed by atoms with Crippen LogP contribution in [0.1, 0.15) is 61.9 Å². The van der Waals surface area contributed by atoms with Crippen LogP contribution in [0.2, 0.25) is 0 Å². The number of H-pyrrole nitrogens is 1. The number of methoxy groups -OCH3 is 1. The third-order valence-electron chi connectivity index (χ3n) is 6.77. The number of rotatable bonds is 5. The monoisotopic (exact) mass is 407 g/mol. The highest BCUT2D eigenvalue weighted by atomic mass is 16.5. The highest BCUT2D eigenvalue weighted by molar-refractivity contribution is 5.85. The Hall–Kier alpha value is -2.61. The summed E-state index contributed by atoms with van der Waals surface area (Å²) in [5.74, 6) is 0.616. The van der Waals surface area contributed by atoms with Crippen molar-refractivity contribution in [2.24, 2.45) is 7.05 Å². The lowest BCUT2D eigenvalue weighted by Gasteiger charge is -2.38. The molecule has 3 aromatic heterocycles. The van der Waals surface area contributed by atoms with Gasteiger partial charge >= 0.3 is 0 Å². The summed E-state index contributed by atoms with van der Waals surface area (Å²) in [7, 11) is 3.75. The lowest BCUT2D eigenvalue weighted by Crippen LogP contribution is -2.36. The van der Waals surface area contributed by atoms with Crippen LogP contribution in [0.4, 0.5) is 0 Å². The van der Waals surface area contributed by atoms with Gasteiger partial charge in [0.15, 0.2) is 0 Å². The number of ether oxygens (including phenoxy) is 1. The first kappa shape index (κ1) is 19.4. The summed E-state index contributed by atoms with van der Waals surface area (Å²) in [5.41, 5.74) is 6.81. The number of nitrogens with zero attached hydrogens (tertiary/aromatic N) is 6. The van der Waals surface area contributed by atoms with E-state index in [-0.39, 0.29) is 5.41 Å². The van der Waals surface area contributed by atoms with Gasteiger partial charge in [0.25, 0.3) is 0 Å². The van der Waals surface area contributed by atoms with Gasteiger partial charge in [-0.2, -0.15) is 10.3 Å². The molecule has 158 valence electrons. The van der Waals surface area contributed by atoms with Crippen molar-refractivity contribution in [2.75, 3.05) is 13.7 Å². The van der Waals surface area contributed by atoms with Gasteiger partial charge in [-0.15, -0.1) is 10.2 Å². The van der Waals surface area contributed by atoms with E-state index in [4.69, 9.17) is 9.72 Å². The van der Waals surface area contributed by atoms with Gasteiger partial charge in [0.1, 0.15) is 0 Å². The molecule has 3 aromatic rings. The lowest BCUT2D eigenvalue weighted by atomic mass is 9.69. The van der Waals surface area contributed by atoms with E-state index < -0.39 is 0 Å². The molecular weight excluding hydrogens is 378 g/mol. The largest absolute Gasteiger partial charge is 0.384 e. The summed E-state index contributed by atoms with van der Waals surface area (Å²) in [6.07, 6.45) is 14.2. The number of tetrazole rings is 1. The van der Waals surface area contributed by atoms with Crippen molar-refractivity contribution in [3.8, 4) is 22.5 Å². The Balaban J connectivity index is 1.84. The molecule has 3 heterocycles. The van der Waals surface area contributed by atoms with Crippen LogP contribution in [0.3, 0.4) is 0 Å². The molecule has 0 radical (unpaired) electrons. The Bertz CT molecular complexity index is 1010. The predicted octanol–water partition coefficient (Wildman–Crippen LogP) is 3.39. The Labute approximate surface area is 176 Å². The van der Waals surface area contributed by atoms with Crippen molar-refractivity contribution in [1.82, 2.24) is 35.4 Å². The summed E-state index contributed by atoms with van der Waals surface area (Å²) >= 11 is 0. The number of nitrogens with one attached hydrogen (secondary N) is 1. The summed E-state index contributed by atoms with van der Waals surface area (Å²) in [6.45, 7) is 0.663. The zero-order valence-corrected chi connectivity index (χ0v) is 17.8. The molecule has 0 atom stereocenters. The Kier molecular flexibility index (Phi) is 5.10. The highest BCUT2D eigenvalue weighted by Gasteiger charge is 2.40. The van der Waals surface area contributed by atoms with E-state index in [1.54, 1.807) is 7.11 Å². The molecule has 0 aliphatic heterocycles. The molecule has 5 rings (SSSR count). The van der Waals surface area contributed by atoms with Crippen LogP contribution in [0, 0.1) is 0 Å². The van der Waals surface area contributed by atoms with E-state index in [1.165, 1.54) is 48.9 Å². The summed E-state index contributed by atoms with van der Waals surface area (Å²) < 4.78 is 7.64. The normalized spacial score (nSPS) is 18.3. The second-order valence-electron chi connectivity index (χ2n) is 8.75. The van der Waals surface area contributed by atoms with Crippen molar-refractivity contribution in [3.05, 3.63) is 29.3 Å². The first-order valence-corrected chi connectivity index (χ1v) is 11.0. The maximum Gasteiger partial charge on any atom is 0.207 e. The number of aryl methyl sites for hydroxylation is 2. The van der Waals surface area contributed by atoms with Gasteiger partial charge in [0.2, 0.25) is 5.82 Å². The standard InChI is InChI=1S/C22H29N7O/c1-29-13-15(12-23-29)18-16-8-4-5-9-17(16)24-20(19(18)21-25-27-28-26-21)22(14-30-2)10-6-3-7-11-22/h12-13H,3-11,14H2,1-2H3,(H,25,26,27,28). The second-order valence-corrected chi connectivity index (χ2v) is 8.75. The quantitative estimate of drug-likeness (QED) is 0.697. The molecule has 0 saturated heterocycles. The highest BCUT2D eigenvalue weighted by Crippen LogP contribution is 2.47. The fourth-order valence-corrected chi connectivity index (χ4v) is 5.43. The maximum atomic E-state index is 5.78. The molecule has 1 N–H and O–H groups in total. The Morgan fingerprint density at radius 2 is 1.93 bits per heavy atom. The van der Waals surface area contributed by atoms with Crippen LogP contribution < -0.4 is 0 Å². The van der Waals surface area contributed by atoms with Gasteiger partial charge in [-0.1, -0.05) is 19.3 Å². The molecule has 2 aliphatic carbocycles. The molecule has 0 amide bonds. The van der Waals surface area contributed by atoms with Crippen LogP contribution in [0.25, 0.3) is 22.5 Å². The van der Waals surface area contributed by atoms with Gasteiger partial charge < -0.3 is 4.74 Å². The third kappa shape index (κ3) is 3.23. The summed E-state index contributed by atoms with van der Waals surface area (Å²) in [4.78, 5) is 5.35. The number of pyridine rings is 1. The van der Waals surface area contributed by atoms with Crippen molar-refractivity contribution < 1.29 is 4.74 Å². The van der Waals surface area contributed by atoms with E-state index in [0.29, 0.717) is 12.4 Å². The SMILES string of the molecule is COCC1(c2nc3c(c(-c4cnn(C)c4)c2-c2nn[nH]n2)CCCC3)CCCCC1. The van der Waals surface area contributed by atoms with E-state index >= 15 is 0 Å². The van der Waals surface area contributed by atoms with Crippen molar-refractivity contribution in [1.29, 1.82) is 0 Å². The predicted molar refractivity (Wildman–Crippen MR) is 113 cm³/mol. The number of aromatic nitrogens is 7. The van der Waals surface area contributed by atoms with Crippen LogP contribution >= 0.6 is 0 Å². The van der Waals surface area contributed by atoms with Crippen LogP contribution in [-0.4, -0.2) is 49.1 Å². The fraction of sp³-hybridized carbons (Fsp3) is 0.591. The van der Waals surface area contributed by atoms with Gasteiger partial charge in [0, 0.05) is 42.6 Å².